The summed E-state index contributed by atoms with van der Waals surface area (Å²) in [6.07, 6.45) is 0.899. The fraction of sp³-hybridized carbons (Fsp3) is 0.500. The lowest BCUT2D eigenvalue weighted by Gasteiger charge is -2.21. The molecule has 3 rings (SSSR count). The van der Waals surface area contributed by atoms with Gasteiger partial charge in [-0.1, -0.05) is 25.1 Å². The first-order valence-corrected chi connectivity index (χ1v) is 7.39. The molecule has 5 heteroatoms. The van der Waals surface area contributed by atoms with Crippen LogP contribution in [0, 0.1) is 11.8 Å². The molecule has 0 saturated carbocycles. The molecule has 1 amide bonds. The van der Waals surface area contributed by atoms with Crippen LogP contribution in [0.25, 0.3) is 0 Å². The quantitative estimate of drug-likeness (QED) is 0.908. The number of likely N-dealkylation sites (tertiary alicyclic amines) is 1. The summed E-state index contributed by atoms with van der Waals surface area (Å²) in [5.41, 5.74) is 2.22. The molecule has 5 nitrogen and oxygen atoms in total. The Kier molecular flexibility index (Phi) is 3.68. The van der Waals surface area contributed by atoms with Crippen molar-refractivity contribution in [2.24, 2.45) is 11.8 Å². The second-order valence-corrected chi connectivity index (χ2v) is 6.04. The molecule has 2 atom stereocenters. The predicted molar refractivity (Wildman–Crippen MR) is 79.2 cm³/mol. The number of rotatable bonds is 3. The Morgan fingerprint density at radius 2 is 2.05 bits per heavy atom. The number of carboxylic acid groups (broad SMARTS) is 1. The van der Waals surface area contributed by atoms with Crippen molar-refractivity contribution in [1.82, 2.24) is 4.90 Å². The monoisotopic (exact) mass is 288 g/mol. The number of nitrogens with zero attached hydrogens (tertiary/aromatic N) is 2. The minimum atomic E-state index is -0.760. The van der Waals surface area contributed by atoms with Gasteiger partial charge in [-0.2, -0.15) is 0 Å². The molecule has 2 aliphatic heterocycles. The third-order valence-electron chi connectivity index (χ3n) is 4.55. The van der Waals surface area contributed by atoms with E-state index in [1.54, 1.807) is 0 Å². The number of hydrogen-bond acceptors (Lipinski definition) is 3. The Morgan fingerprint density at radius 3 is 2.76 bits per heavy atom. The maximum atomic E-state index is 12.5. The van der Waals surface area contributed by atoms with Gasteiger partial charge < -0.3 is 10.0 Å². The summed E-state index contributed by atoms with van der Waals surface area (Å²) in [6, 6.07) is 7.98. The van der Waals surface area contributed by atoms with E-state index in [2.05, 4.69) is 6.07 Å². The van der Waals surface area contributed by atoms with E-state index in [1.165, 1.54) is 5.56 Å². The van der Waals surface area contributed by atoms with Crippen LogP contribution in [0.3, 0.4) is 0 Å². The molecule has 0 radical (unpaired) electrons. The van der Waals surface area contributed by atoms with Gasteiger partial charge in [-0.3, -0.25) is 14.5 Å². The fourth-order valence-electron chi connectivity index (χ4n) is 3.39. The summed E-state index contributed by atoms with van der Waals surface area (Å²) in [5, 5.41) is 9.16. The van der Waals surface area contributed by atoms with Gasteiger partial charge in [0.15, 0.2) is 0 Å². The number of carbonyl (C=O) groups is 2. The van der Waals surface area contributed by atoms with Crippen LogP contribution in [0.5, 0.6) is 0 Å². The number of carboxylic acids is 1. The molecule has 0 spiro atoms. The van der Waals surface area contributed by atoms with Crippen LogP contribution >= 0.6 is 0 Å². The highest BCUT2D eigenvalue weighted by molar-refractivity contribution is 5.96. The highest BCUT2D eigenvalue weighted by Crippen LogP contribution is 2.28. The lowest BCUT2D eigenvalue weighted by atomic mass is 9.99. The number of fused-ring (bicyclic) bond motifs is 1. The maximum Gasteiger partial charge on any atom is 0.308 e. The van der Waals surface area contributed by atoms with Crippen molar-refractivity contribution in [2.75, 3.05) is 31.1 Å². The first-order valence-electron chi connectivity index (χ1n) is 7.39. The number of hydrogen-bond donors (Lipinski definition) is 1. The third kappa shape index (κ3) is 2.65. The zero-order valence-corrected chi connectivity index (χ0v) is 12.2. The number of amides is 1. The van der Waals surface area contributed by atoms with Gasteiger partial charge in [0, 0.05) is 25.3 Å². The molecule has 0 bridgehead atoms. The molecule has 0 aromatic heterocycles. The lowest BCUT2D eigenvalue weighted by Crippen LogP contribution is -2.39. The number of anilines is 1. The van der Waals surface area contributed by atoms with Crippen LogP contribution in [0.1, 0.15) is 12.5 Å². The summed E-state index contributed by atoms with van der Waals surface area (Å²) in [4.78, 5) is 27.4. The molecule has 1 aromatic carbocycles. The Morgan fingerprint density at radius 1 is 1.29 bits per heavy atom. The Balaban J connectivity index is 1.65. The average Bonchev–Trinajstić information content (AvgIpc) is 3.02. The van der Waals surface area contributed by atoms with E-state index in [0.717, 1.165) is 18.7 Å². The molecule has 0 aliphatic carbocycles. The van der Waals surface area contributed by atoms with Crippen LogP contribution < -0.4 is 4.90 Å². The summed E-state index contributed by atoms with van der Waals surface area (Å²) in [6.45, 7) is 4.12. The molecule has 1 N–H and O–H groups in total. The van der Waals surface area contributed by atoms with E-state index in [9.17, 15) is 9.59 Å². The van der Waals surface area contributed by atoms with Gasteiger partial charge in [0.25, 0.3) is 0 Å². The first kappa shape index (κ1) is 14.1. The van der Waals surface area contributed by atoms with Crippen LogP contribution in [0.2, 0.25) is 0 Å². The van der Waals surface area contributed by atoms with Gasteiger partial charge in [0.05, 0.1) is 12.5 Å². The van der Waals surface area contributed by atoms with Crippen molar-refractivity contribution >= 4 is 17.6 Å². The molecular formula is C16H20N2O3. The smallest absolute Gasteiger partial charge is 0.308 e. The van der Waals surface area contributed by atoms with Crippen molar-refractivity contribution in [3.8, 4) is 0 Å². The molecular weight excluding hydrogens is 268 g/mol. The summed E-state index contributed by atoms with van der Waals surface area (Å²) in [5.74, 6) is -0.952. The van der Waals surface area contributed by atoms with E-state index < -0.39 is 5.97 Å². The SMILES string of the molecule is C[C@@H]1CN(CC(=O)N2CCc3ccccc32)C[C@H]1C(=O)O. The van der Waals surface area contributed by atoms with Crippen molar-refractivity contribution in [1.29, 1.82) is 0 Å². The van der Waals surface area contributed by atoms with Crippen molar-refractivity contribution in [2.45, 2.75) is 13.3 Å². The molecule has 1 aromatic rings. The van der Waals surface area contributed by atoms with E-state index in [-0.39, 0.29) is 17.7 Å². The van der Waals surface area contributed by atoms with Crippen molar-refractivity contribution in [3.05, 3.63) is 29.8 Å². The second-order valence-electron chi connectivity index (χ2n) is 6.04. The van der Waals surface area contributed by atoms with Gasteiger partial charge in [-0.15, -0.1) is 0 Å². The van der Waals surface area contributed by atoms with Crippen LogP contribution in [0.4, 0.5) is 5.69 Å². The highest BCUT2D eigenvalue weighted by atomic mass is 16.4. The van der Waals surface area contributed by atoms with E-state index in [1.807, 2.05) is 34.9 Å². The van der Waals surface area contributed by atoms with Crippen molar-refractivity contribution < 1.29 is 14.7 Å². The average molecular weight is 288 g/mol. The molecule has 112 valence electrons. The van der Waals surface area contributed by atoms with Gasteiger partial charge in [0.2, 0.25) is 5.91 Å². The van der Waals surface area contributed by atoms with E-state index >= 15 is 0 Å². The van der Waals surface area contributed by atoms with Crippen LogP contribution in [0.15, 0.2) is 24.3 Å². The number of para-hydroxylation sites is 1. The first-order chi connectivity index (χ1) is 10.1. The standard InChI is InChI=1S/C16H20N2O3/c1-11-8-17(9-13(11)16(20)21)10-15(19)18-7-6-12-4-2-3-5-14(12)18/h2-5,11,13H,6-10H2,1H3,(H,20,21)/t11-,13-/m1/s1. The Bertz CT molecular complexity index is 572. The number of carbonyl (C=O) groups excluding carboxylic acids is 1. The van der Waals surface area contributed by atoms with Crippen molar-refractivity contribution in [3.63, 3.8) is 0 Å². The number of aliphatic carboxylic acids is 1. The topological polar surface area (TPSA) is 60.9 Å². The molecule has 21 heavy (non-hydrogen) atoms. The van der Waals surface area contributed by atoms with Crippen LogP contribution in [-0.2, 0) is 16.0 Å². The van der Waals surface area contributed by atoms with Gasteiger partial charge >= 0.3 is 5.97 Å². The molecule has 1 fully saturated rings. The Labute approximate surface area is 124 Å². The van der Waals surface area contributed by atoms with E-state index in [0.29, 0.717) is 19.6 Å². The van der Waals surface area contributed by atoms with Gasteiger partial charge in [-0.05, 0) is 24.0 Å². The Hall–Kier alpha value is -1.88. The molecule has 0 unspecified atom stereocenters. The van der Waals surface area contributed by atoms with Gasteiger partial charge in [0.1, 0.15) is 0 Å². The second kappa shape index (κ2) is 5.48. The molecule has 2 heterocycles. The maximum absolute atomic E-state index is 12.5. The summed E-state index contributed by atoms with van der Waals surface area (Å²) < 4.78 is 0. The number of benzene rings is 1. The van der Waals surface area contributed by atoms with Gasteiger partial charge in [-0.25, -0.2) is 0 Å². The largest absolute Gasteiger partial charge is 0.481 e. The molecule has 1 saturated heterocycles. The molecule has 2 aliphatic rings. The summed E-state index contributed by atoms with van der Waals surface area (Å²) >= 11 is 0. The summed E-state index contributed by atoms with van der Waals surface area (Å²) in [7, 11) is 0. The minimum Gasteiger partial charge on any atom is -0.481 e. The van der Waals surface area contributed by atoms with E-state index in [4.69, 9.17) is 5.11 Å². The highest BCUT2D eigenvalue weighted by Gasteiger charge is 2.36. The normalized spacial score (nSPS) is 25.1. The predicted octanol–water partition coefficient (Wildman–Crippen LogP) is 1.23. The van der Waals surface area contributed by atoms with Crippen LogP contribution in [-0.4, -0.2) is 48.1 Å². The fourth-order valence-corrected chi connectivity index (χ4v) is 3.39. The minimum absolute atomic E-state index is 0.0678. The lowest BCUT2D eigenvalue weighted by molar-refractivity contribution is -0.142. The zero-order chi connectivity index (χ0) is 15.0. The third-order valence-corrected chi connectivity index (χ3v) is 4.55. The zero-order valence-electron chi connectivity index (χ0n) is 12.2.